The van der Waals surface area contributed by atoms with Crippen LogP contribution in [-0.4, -0.2) is 30.4 Å². The van der Waals surface area contributed by atoms with Crippen LogP contribution in [0.25, 0.3) is 22.2 Å². The largest absolute Gasteiger partial charge is 0.336 e. The second-order valence-corrected chi connectivity index (χ2v) is 9.71. The molecule has 0 radical (unpaired) electrons. The molecule has 1 aliphatic carbocycles. The second-order valence-electron chi connectivity index (χ2n) is 8.04. The number of hydrogen-bond donors (Lipinski definition) is 1. The summed E-state index contributed by atoms with van der Waals surface area (Å²) in [6, 6.07) is 10.3. The number of aromatic nitrogens is 2. The van der Waals surface area contributed by atoms with E-state index in [9.17, 15) is 22.5 Å². The topological polar surface area (TPSA) is 87.8 Å². The molecule has 0 unspecified atom stereocenters. The van der Waals surface area contributed by atoms with E-state index in [1.54, 1.807) is 38.1 Å². The molecule has 1 N–H and O–H groups in total. The van der Waals surface area contributed by atoms with Crippen molar-refractivity contribution in [3.05, 3.63) is 47.7 Å². The summed E-state index contributed by atoms with van der Waals surface area (Å²) < 4.78 is 55.0. The van der Waals surface area contributed by atoms with Gasteiger partial charge in [-0.3, -0.25) is 0 Å². The molecular formula is C22H22F2N4O2S. The van der Waals surface area contributed by atoms with Crippen LogP contribution in [0.4, 0.5) is 8.78 Å². The lowest BCUT2D eigenvalue weighted by molar-refractivity contribution is 0.149. The number of sulfonamides is 1. The molecule has 3 aromatic rings. The zero-order valence-corrected chi connectivity index (χ0v) is 18.0. The number of rotatable bonds is 7. The Morgan fingerprint density at radius 2 is 2.00 bits per heavy atom. The van der Waals surface area contributed by atoms with Gasteiger partial charge in [-0.25, -0.2) is 26.9 Å². The minimum Gasteiger partial charge on any atom is -0.336 e. The highest BCUT2D eigenvalue weighted by molar-refractivity contribution is 7.89. The summed E-state index contributed by atoms with van der Waals surface area (Å²) in [7, 11) is -3.73. The van der Waals surface area contributed by atoms with Gasteiger partial charge < -0.3 is 4.57 Å². The molecule has 1 aromatic carbocycles. The van der Waals surface area contributed by atoms with Crippen LogP contribution in [0.1, 0.15) is 43.9 Å². The molecular weight excluding hydrogens is 422 g/mol. The lowest BCUT2D eigenvalue weighted by Gasteiger charge is -2.12. The van der Waals surface area contributed by atoms with E-state index in [1.807, 2.05) is 4.57 Å². The van der Waals surface area contributed by atoms with E-state index in [1.165, 1.54) is 12.3 Å². The van der Waals surface area contributed by atoms with E-state index in [0.717, 1.165) is 18.4 Å². The normalized spacial score (nSPS) is 14.5. The molecule has 0 amide bonds. The molecule has 4 rings (SSSR count). The number of pyridine rings is 1. The Morgan fingerprint density at radius 1 is 1.26 bits per heavy atom. The van der Waals surface area contributed by atoms with Crippen molar-refractivity contribution in [2.24, 2.45) is 0 Å². The van der Waals surface area contributed by atoms with Crippen molar-refractivity contribution in [1.29, 1.82) is 5.26 Å². The van der Waals surface area contributed by atoms with Gasteiger partial charge in [0, 0.05) is 35.7 Å². The van der Waals surface area contributed by atoms with Crippen LogP contribution in [0.2, 0.25) is 0 Å². The number of hydrogen-bond acceptors (Lipinski definition) is 4. The summed E-state index contributed by atoms with van der Waals surface area (Å²) >= 11 is 0. The van der Waals surface area contributed by atoms with E-state index in [4.69, 9.17) is 0 Å². The number of alkyl halides is 2. The van der Waals surface area contributed by atoms with Gasteiger partial charge in [0.15, 0.2) is 5.03 Å². The van der Waals surface area contributed by atoms with E-state index in [2.05, 4.69) is 15.8 Å². The molecule has 0 spiro atoms. The predicted octanol–water partition coefficient (Wildman–Crippen LogP) is 4.40. The number of nitrogens with one attached hydrogen (secondary N) is 1. The zero-order chi connectivity index (χ0) is 22.3. The molecule has 0 atom stereocenters. The highest BCUT2D eigenvalue weighted by atomic mass is 32.2. The van der Waals surface area contributed by atoms with Gasteiger partial charge in [-0.1, -0.05) is 12.1 Å². The highest BCUT2D eigenvalue weighted by Crippen LogP contribution is 2.45. The average molecular weight is 445 g/mol. The molecule has 0 bridgehead atoms. The Morgan fingerprint density at radius 3 is 2.55 bits per heavy atom. The molecule has 2 heterocycles. The number of benzene rings is 1. The first kappa shape index (κ1) is 21.4. The summed E-state index contributed by atoms with van der Waals surface area (Å²) in [4.78, 5) is 4.13. The molecule has 162 valence electrons. The quantitative estimate of drug-likeness (QED) is 0.585. The van der Waals surface area contributed by atoms with Crippen LogP contribution in [0.5, 0.6) is 0 Å². The fourth-order valence-electron chi connectivity index (χ4n) is 3.82. The molecule has 9 heteroatoms. The minimum atomic E-state index is -3.73. The van der Waals surface area contributed by atoms with Crippen molar-refractivity contribution < 1.29 is 17.2 Å². The standard InChI is InChI=1S/C22H22F2N4O2S/c1-13(2)27-31(29,30)21-8-4-15(12-26-21)22-18(11-25)17-7-3-14(10-20(23)24)9-19(17)28(22)16-5-6-16/h3-4,7-9,12-13,16,20,27H,5-6,10H2,1-2H3. The smallest absolute Gasteiger partial charge is 0.258 e. The molecule has 6 nitrogen and oxygen atoms in total. The van der Waals surface area contributed by atoms with Crippen LogP contribution in [0, 0.1) is 11.3 Å². The van der Waals surface area contributed by atoms with Gasteiger partial charge >= 0.3 is 0 Å². The van der Waals surface area contributed by atoms with Crippen LogP contribution in [0.3, 0.4) is 0 Å². The van der Waals surface area contributed by atoms with Gasteiger partial charge in [0.1, 0.15) is 6.07 Å². The van der Waals surface area contributed by atoms with Crippen molar-refractivity contribution in [3.63, 3.8) is 0 Å². The third-order valence-corrected chi connectivity index (χ3v) is 6.73. The van der Waals surface area contributed by atoms with E-state index in [0.29, 0.717) is 27.8 Å². The Bertz CT molecular complexity index is 1270. The van der Waals surface area contributed by atoms with E-state index in [-0.39, 0.29) is 23.5 Å². The summed E-state index contributed by atoms with van der Waals surface area (Å²) in [5.74, 6) is 0. The number of fused-ring (bicyclic) bond motifs is 1. The SMILES string of the molecule is CC(C)NS(=O)(=O)c1ccc(-c2c(C#N)c3ccc(CC(F)F)cc3n2C2CC2)cn1. The molecule has 1 aliphatic rings. The third-order valence-electron chi connectivity index (χ3n) is 5.16. The molecule has 1 saturated carbocycles. The zero-order valence-electron chi connectivity index (χ0n) is 17.1. The first-order valence-corrected chi connectivity index (χ1v) is 11.5. The van der Waals surface area contributed by atoms with Crippen LogP contribution >= 0.6 is 0 Å². The fraction of sp³-hybridized carbons (Fsp3) is 0.364. The van der Waals surface area contributed by atoms with Gasteiger partial charge in [-0.05, 0) is 50.5 Å². The minimum absolute atomic E-state index is 0.100. The molecule has 0 aliphatic heterocycles. The van der Waals surface area contributed by atoms with E-state index < -0.39 is 16.4 Å². The predicted molar refractivity (Wildman–Crippen MR) is 113 cm³/mol. The number of halogens is 2. The van der Waals surface area contributed by atoms with Crippen molar-refractivity contribution in [3.8, 4) is 17.3 Å². The summed E-state index contributed by atoms with van der Waals surface area (Å²) in [6.07, 6.45) is 0.510. The first-order chi connectivity index (χ1) is 14.7. The highest BCUT2D eigenvalue weighted by Gasteiger charge is 2.31. The van der Waals surface area contributed by atoms with Crippen LogP contribution in [-0.2, 0) is 16.4 Å². The summed E-state index contributed by atoms with van der Waals surface area (Å²) in [5.41, 5.74) is 2.94. The van der Waals surface area contributed by atoms with Gasteiger partial charge in [-0.2, -0.15) is 5.26 Å². The molecule has 31 heavy (non-hydrogen) atoms. The van der Waals surface area contributed by atoms with E-state index >= 15 is 0 Å². The maximum atomic E-state index is 12.9. The monoisotopic (exact) mass is 444 g/mol. The second kappa shape index (κ2) is 8.02. The Hall–Kier alpha value is -2.83. The Kier molecular flexibility index (Phi) is 5.54. The first-order valence-electron chi connectivity index (χ1n) is 10.0. The average Bonchev–Trinajstić information content (AvgIpc) is 3.48. The molecule has 2 aromatic heterocycles. The van der Waals surface area contributed by atoms with Crippen LogP contribution in [0.15, 0.2) is 41.6 Å². The van der Waals surface area contributed by atoms with Crippen LogP contribution < -0.4 is 4.72 Å². The number of nitrogens with zero attached hydrogens (tertiary/aromatic N) is 3. The fourth-order valence-corrected chi connectivity index (χ4v) is 5.00. The Balaban J connectivity index is 1.85. The molecule has 1 fully saturated rings. The maximum absolute atomic E-state index is 12.9. The lowest BCUT2D eigenvalue weighted by atomic mass is 10.1. The van der Waals surface area contributed by atoms with Gasteiger partial charge in [0.2, 0.25) is 6.43 Å². The lowest BCUT2D eigenvalue weighted by Crippen LogP contribution is -2.30. The third kappa shape index (κ3) is 4.18. The number of nitriles is 1. The van der Waals surface area contributed by atoms with Gasteiger partial charge in [-0.15, -0.1) is 0 Å². The van der Waals surface area contributed by atoms with Gasteiger partial charge in [0.25, 0.3) is 10.0 Å². The van der Waals surface area contributed by atoms with Crippen molar-refractivity contribution >= 4 is 20.9 Å². The molecule has 0 saturated heterocycles. The summed E-state index contributed by atoms with van der Waals surface area (Å²) in [6.45, 7) is 3.45. The van der Waals surface area contributed by atoms with Crippen molar-refractivity contribution in [1.82, 2.24) is 14.3 Å². The van der Waals surface area contributed by atoms with Crippen molar-refractivity contribution in [2.75, 3.05) is 0 Å². The van der Waals surface area contributed by atoms with Gasteiger partial charge in [0.05, 0.1) is 16.8 Å². The Labute approximate surface area is 179 Å². The maximum Gasteiger partial charge on any atom is 0.258 e. The van der Waals surface area contributed by atoms with Crippen molar-refractivity contribution in [2.45, 2.75) is 56.6 Å². The summed E-state index contributed by atoms with van der Waals surface area (Å²) in [5, 5.41) is 10.5.